The van der Waals surface area contributed by atoms with E-state index in [1.807, 2.05) is 48.5 Å². The predicted molar refractivity (Wildman–Crippen MR) is 158 cm³/mol. The molecule has 0 unspecified atom stereocenters. The molecule has 222 valence electrons. The Bertz CT molecular complexity index is 908. The first-order chi connectivity index (χ1) is 19.7. The van der Waals surface area contributed by atoms with Crippen molar-refractivity contribution in [2.24, 2.45) is 11.5 Å². The third-order valence-electron chi connectivity index (χ3n) is 5.37. The van der Waals surface area contributed by atoms with Crippen molar-refractivity contribution in [1.29, 1.82) is 0 Å². The van der Waals surface area contributed by atoms with E-state index in [2.05, 4.69) is 10.6 Å². The zero-order valence-electron chi connectivity index (χ0n) is 22.9. The predicted octanol–water partition coefficient (Wildman–Crippen LogP) is 0.154. The molecule has 0 saturated carbocycles. The summed E-state index contributed by atoms with van der Waals surface area (Å²) in [5.41, 5.74) is 14.3. The molecule has 0 atom stereocenters. The molecule has 0 aliphatic rings. The fourth-order valence-electron chi connectivity index (χ4n) is 3.42. The molecule has 0 aromatic heterocycles. The summed E-state index contributed by atoms with van der Waals surface area (Å²) in [5.74, 6) is -0.174. The number of hydrogen-bond acceptors (Lipinski definition) is 8. The molecule has 0 radical (unpaired) electrons. The number of amides is 2. The Balaban J connectivity index is 1.71. The number of hydrogen-bond donors (Lipinski definition) is 4. The molecule has 40 heavy (non-hydrogen) atoms. The Labute approximate surface area is 248 Å². The van der Waals surface area contributed by atoms with Crippen LogP contribution in [-0.4, -0.2) is 117 Å². The fourth-order valence-corrected chi connectivity index (χ4v) is 9.94. The average molecular weight is 689 g/mol. The topological polar surface area (TPSA) is 147 Å². The smallest absolute Gasteiger partial charge is 0.328 e. The second-order valence-corrected chi connectivity index (χ2v) is 15.7. The summed E-state index contributed by atoms with van der Waals surface area (Å²) in [6, 6.07) is 15.5. The van der Waals surface area contributed by atoms with Crippen molar-refractivity contribution < 1.29 is 28.5 Å². The van der Waals surface area contributed by atoms with Crippen LogP contribution in [0.1, 0.15) is 31.8 Å². The van der Waals surface area contributed by atoms with Gasteiger partial charge in [-0.3, -0.25) is 0 Å². The van der Waals surface area contributed by atoms with Gasteiger partial charge in [0.05, 0.1) is 0 Å². The van der Waals surface area contributed by atoms with Crippen molar-refractivity contribution in [2.45, 2.75) is 10.6 Å². The summed E-state index contributed by atoms with van der Waals surface area (Å²) in [4.78, 5) is 25.5. The molecule has 0 fully saturated rings. The van der Waals surface area contributed by atoms with E-state index in [9.17, 15) is 9.59 Å². The average Bonchev–Trinajstić information content (AvgIpc) is 2.98. The van der Waals surface area contributed by atoms with Crippen LogP contribution in [0.2, 0.25) is 0 Å². The van der Waals surface area contributed by atoms with Gasteiger partial charge in [0, 0.05) is 13.1 Å². The molecule has 0 aliphatic heterocycles. The third kappa shape index (κ3) is 14.7. The van der Waals surface area contributed by atoms with Gasteiger partial charge in [-0.05, 0) is 0 Å². The molecule has 12 heteroatoms. The van der Waals surface area contributed by atoms with Gasteiger partial charge in [-0.1, -0.05) is 0 Å². The van der Waals surface area contributed by atoms with Gasteiger partial charge in [-0.15, -0.1) is 0 Å². The van der Waals surface area contributed by atoms with Crippen LogP contribution >= 0.6 is 0 Å². The number of ether oxygens (including phenoxy) is 4. The first-order valence-electron chi connectivity index (χ1n) is 13.3. The van der Waals surface area contributed by atoms with Gasteiger partial charge in [-0.2, -0.15) is 0 Å². The number of carbonyl (C=O) groups excluding carboxylic acids is 2. The molecule has 2 aromatic rings. The van der Waals surface area contributed by atoms with Crippen molar-refractivity contribution in [3.63, 3.8) is 0 Å². The van der Waals surface area contributed by atoms with Gasteiger partial charge < -0.3 is 11.5 Å². The second-order valence-electron chi connectivity index (χ2n) is 8.38. The van der Waals surface area contributed by atoms with Crippen molar-refractivity contribution in [2.75, 3.05) is 79.0 Å². The zero-order chi connectivity index (χ0) is 28.7. The molecule has 0 heterocycles. The van der Waals surface area contributed by atoms with E-state index in [0.29, 0.717) is 116 Å². The quantitative estimate of drug-likeness (QED) is 0.0955. The minimum absolute atomic E-state index is 0.0871. The van der Waals surface area contributed by atoms with Gasteiger partial charge in [0.2, 0.25) is 0 Å². The normalized spacial score (nSPS) is 10.9. The molecule has 2 aromatic carbocycles. The van der Waals surface area contributed by atoms with Gasteiger partial charge in [0.1, 0.15) is 0 Å². The standard InChI is InChI=1S/C28H42N4O6Se2/c29-9-13-35-17-19-37-15-11-31-27(33)25-7-3-1-5-23(25)21-39-40-22-24-6-2-4-8-26(24)28(34)32-12-16-38-20-18-36-14-10-30/h1-8H,9-22,29-30H2,(H,31,33)(H,32,34). The van der Waals surface area contributed by atoms with E-state index in [-0.39, 0.29) is 11.8 Å². The van der Waals surface area contributed by atoms with Gasteiger partial charge >= 0.3 is 225 Å². The van der Waals surface area contributed by atoms with Crippen LogP contribution < -0.4 is 22.1 Å². The summed E-state index contributed by atoms with van der Waals surface area (Å²) in [5, 5.41) is 7.61. The maximum absolute atomic E-state index is 12.7. The van der Waals surface area contributed by atoms with Gasteiger partial charge in [0.15, 0.2) is 0 Å². The number of nitrogens with one attached hydrogen (secondary N) is 2. The Morgan fingerprint density at radius 2 is 0.950 bits per heavy atom. The third-order valence-corrected chi connectivity index (χ3v) is 11.9. The minimum Gasteiger partial charge on any atom is -0.328 e. The van der Waals surface area contributed by atoms with Gasteiger partial charge in [0.25, 0.3) is 0 Å². The number of rotatable bonds is 23. The molecule has 0 saturated heterocycles. The maximum atomic E-state index is 12.7. The van der Waals surface area contributed by atoms with Crippen molar-refractivity contribution in [1.82, 2.24) is 10.6 Å². The van der Waals surface area contributed by atoms with Crippen molar-refractivity contribution in [3.8, 4) is 0 Å². The van der Waals surface area contributed by atoms with E-state index in [1.54, 1.807) is 0 Å². The van der Waals surface area contributed by atoms with Crippen molar-refractivity contribution >= 4 is 38.1 Å². The van der Waals surface area contributed by atoms with Crippen LogP contribution in [0.25, 0.3) is 0 Å². The Kier molecular flexibility index (Phi) is 19.6. The molecule has 10 nitrogen and oxygen atoms in total. The summed E-state index contributed by atoms with van der Waals surface area (Å²) in [6.45, 7) is 5.69. The van der Waals surface area contributed by atoms with Gasteiger partial charge in [-0.25, -0.2) is 0 Å². The summed E-state index contributed by atoms with van der Waals surface area (Å²) in [6.07, 6.45) is 0. The van der Waals surface area contributed by atoms with Crippen LogP contribution in [-0.2, 0) is 29.6 Å². The summed E-state index contributed by atoms with van der Waals surface area (Å²) >= 11 is 0.666. The molecule has 2 amide bonds. The summed E-state index contributed by atoms with van der Waals surface area (Å²) in [7, 11) is 0. The Hall–Kier alpha value is -1.82. The fraction of sp³-hybridized carbons (Fsp3) is 0.500. The second kappa shape index (κ2) is 22.8. The molecular weight excluding hydrogens is 646 g/mol. The van der Waals surface area contributed by atoms with Crippen LogP contribution in [0.5, 0.6) is 0 Å². The van der Waals surface area contributed by atoms with E-state index in [1.165, 1.54) is 0 Å². The van der Waals surface area contributed by atoms with Crippen LogP contribution in [0, 0.1) is 0 Å². The number of nitrogens with two attached hydrogens (primary N) is 2. The summed E-state index contributed by atoms with van der Waals surface area (Å²) < 4.78 is 21.5. The zero-order valence-corrected chi connectivity index (χ0v) is 26.4. The molecule has 2 rings (SSSR count). The van der Waals surface area contributed by atoms with E-state index < -0.39 is 0 Å². The molecule has 0 spiro atoms. The van der Waals surface area contributed by atoms with Crippen molar-refractivity contribution in [3.05, 3.63) is 70.8 Å². The van der Waals surface area contributed by atoms with E-state index in [4.69, 9.17) is 30.4 Å². The Morgan fingerprint density at radius 3 is 1.35 bits per heavy atom. The number of carbonyl (C=O) groups is 2. The first-order valence-corrected chi connectivity index (χ1v) is 20.1. The van der Waals surface area contributed by atoms with Crippen LogP contribution in [0.4, 0.5) is 0 Å². The van der Waals surface area contributed by atoms with Crippen LogP contribution in [0.15, 0.2) is 48.5 Å². The minimum atomic E-state index is -0.0871. The molecular formula is C28H42N4O6Se2. The monoisotopic (exact) mass is 690 g/mol. The van der Waals surface area contributed by atoms with E-state index in [0.717, 1.165) is 21.8 Å². The SMILES string of the molecule is NCCOCCOCCNC(=O)c1ccccc1C[Se][Se]Cc1ccccc1C(=O)NCCOCCOCCN. The van der Waals surface area contributed by atoms with Crippen LogP contribution in [0.3, 0.4) is 0 Å². The van der Waals surface area contributed by atoms with E-state index >= 15 is 0 Å². The number of benzene rings is 2. The molecule has 6 N–H and O–H groups in total. The molecule has 0 aliphatic carbocycles. The molecule has 0 bridgehead atoms. The first kappa shape index (κ1) is 34.4. The Morgan fingerprint density at radius 1 is 0.575 bits per heavy atom.